The van der Waals surface area contributed by atoms with Crippen molar-refractivity contribution in [3.8, 4) is 0 Å². The Kier molecular flexibility index (Phi) is 3.31. The number of aromatic nitrogens is 2. The van der Waals surface area contributed by atoms with Crippen molar-refractivity contribution in [2.24, 2.45) is 5.92 Å². The molecule has 94 valence electrons. The van der Waals surface area contributed by atoms with Crippen molar-refractivity contribution in [1.29, 1.82) is 0 Å². The number of hydrogen-bond donors (Lipinski definition) is 1. The van der Waals surface area contributed by atoms with Crippen LogP contribution in [0.1, 0.15) is 32.2 Å². The van der Waals surface area contributed by atoms with E-state index >= 15 is 0 Å². The van der Waals surface area contributed by atoms with Crippen molar-refractivity contribution in [3.63, 3.8) is 0 Å². The molecule has 4 atom stereocenters. The van der Waals surface area contributed by atoms with Crippen LogP contribution in [0.25, 0.3) is 0 Å². The number of aliphatic hydroxyl groups is 1. The molecule has 2 heterocycles. The zero-order chi connectivity index (χ0) is 12.6. The van der Waals surface area contributed by atoms with E-state index in [1.807, 2.05) is 6.92 Å². The number of aryl methyl sites for hydroxylation is 1. The zero-order valence-electron chi connectivity index (χ0n) is 10.3. The number of rotatable bonds is 2. The van der Waals surface area contributed by atoms with E-state index < -0.39 is 6.10 Å². The van der Waals surface area contributed by atoms with Crippen molar-refractivity contribution in [1.82, 2.24) is 9.55 Å². The number of hydrogen-bond acceptors (Lipinski definition) is 4. The predicted octanol–water partition coefficient (Wildman–Crippen LogP) is 0.856. The summed E-state index contributed by atoms with van der Waals surface area (Å²) in [6, 6.07) is 1.78. The van der Waals surface area contributed by atoms with Crippen molar-refractivity contribution >= 4 is 0 Å². The average molecular weight is 238 g/mol. The number of nitrogens with zero attached hydrogens (tertiary/aromatic N) is 2. The summed E-state index contributed by atoms with van der Waals surface area (Å²) in [5.74, 6) is 0.191. The van der Waals surface area contributed by atoms with Gasteiger partial charge in [0.2, 0.25) is 0 Å². The van der Waals surface area contributed by atoms with E-state index in [4.69, 9.17) is 4.74 Å². The summed E-state index contributed by atoms with van der Waals surface area (Å²) in [5, 5.41) is 9.52. The molecule has 5 heteroatoms. The van der Waals surface area contributed by atoms with Crippen LogP contribution in [0, 0.1) is 12.8 Å². The van der Waals surface area contributed by atoms with Crippen molar-refractivity contribution in [2.45, 2.75) is 45.6 Å². The van der Waals surface area contributed by atoms with E-state index in [0.29, 0.717) is 5.69 Å². The first-order valence-corrected chi connectivity index (χ1v) is 5.88. The third kappa shape index (κ3) is 2.40. The summed E-state index contributed by atoms with van der Waals surface area (Å²) >= 11 is 0. The minimum atomic E-state index is -0.517. The lowest BCUT2D eigenvalue weighted by molar-refractivity contribution is -0.0606. The van der Waals surface area contributed by atoms with Gasteiger partial charge in [-0.3, -0.25) is 4.57 Å². The first kappa shape index (κ1) is 12.3. The number of ether oxygens (including phenoxy) is 1. The minimum Gasteiger partial charge on any atom is -0.391 e. The lowest BCUT2D eigenvalue weighted by Crippen LogP contribution is -2.30. The van der Waals surface area contributed by atoms with Crippen molar-refractivity contribution in [3.05, 3.63) is 28.4 Å². The van der Waals surface area contributed by atoms with E-state index in [1.54, 1.807) is 26.1 Å². The third-order valence-corrected chi connectivity index (χ3v) is 3.19. The molecule has 0 spiro atoms. The molecule has 4 unspecified atom stereocenters. The summed E-state index contributed by atoms with van der Waals surface area (Å²) in [4.78, 5) is 15.6. The largest absolute Gasteiger partial charge is 0.391 e. The van der Waals surface area contributed by atoms with Gasteiger partial charge in [0.05, 0.1) is 12.2 Å². The molecule has 2 rings (SSSR count). The molecule has 1 aromatic heterocycles. The number of aliphatic hydroxyl groups excluding tert-OH is 1. The Morgan fingerprint density at radius 3 is 2.88 bits per heavy atom. The Balaban J connectivity index is 2.26. The Hall–Kier alpha value is -1.20. The second-order valence-corrected chi connectivity index (χ2v) is 4.78. The monoisotopic (exact) mass is 238 g/mol. The van der Waals surface area contributed by atoms with Crippen LogP contribution in [-0.2, 0) is 4.74 Å². The molecule has 0 radical (unpaired) electrons. The predicted molar refractivity (Wildman–Crippen MR) is 62.6 cm³/mol. The van der Waals surface area contributed by atoms with Crippen LogP contribution >= 0.6 is 0 Å². The summed E-state index contributed by atoms with van der Waals surface area (Å²) in [7, 11) is 0. The minimum absolute atomic E-state index is 0.191. The Bertz CT molecular complexity index is 455. The molecule has 0 amide bonds. The standard InChI is InChI=1S/C12H18N2O3/c1-7-6-10(9(3)15)17-11(7)14-5-4-8(2)13-12(14)16/h4-5,7,9-11,15H,6H2,1-3H3. The van der Waals surface area contributed by atoms with Crippen molar-refractivity contribution < 1.29 is 9.84 Å². The molecule has 1 aromatic rings. The highest BCUT2D eigenvalue weighted by molar-refractivity contribution is 4.97. The third-order valence-electron chi connectivity index (χ3n) is 3.19. The van der Waals surface area contributed by atoms with Gasteiger partial charge in [-0.2, -0.15) is 4.98 Å². The zero-order valence-corrected chi connectivity index (χ0v) is 10.3. The lowest BCUT2D eigenvalue weighted by atomic mass is 10.0. The molecule has 1 aliphatic heterocycles. The summed E-state index contributed by atoms with van der Waals surface area (Å²) in [6.07, 6.45) is 1.41. The van der Waals surface area contributed by atoms with Crippen LogP contribution < -0.4 is 5.69 Å². The first-order chi connectivity index (χ1) is 7.99. The Labute approximate surface area is 100 Å². The molecule has 1 saturated heterocycles. The van der Waals surface area contributed by atoms with Crippen LogP contribution in [0.5, 0.6) is 0 Å². The van der Waals surface area contributed by atoms with Gasteiger partial charge in [-0.05, 0) is 26.3 Å². The maximum atomic E-state index is 11.8. The van der Waals surface area contributed by atoms with Gasteiger partial charge in [-0.15, -0.1) is 0 Å². The van der Waals surface area contributed by atoms with Crippen LogP contribution in [0.2, 0.25) is 0 Å². The highest BCUT2D eigenvalue weighted by atomic mass is 16.5. The fraction of sp³-hybridized carbons (Fsp3) is 0.667. The topological polar surface area (TPSA) is 64.3 Å². The van der Waals surface area contributed by atoms with Gasteiger partial charge in [0.25, 0.3) is 0 Å². The van der Waals surface area contributed by atoms with Gasteiger partial charge in [0.15, 0.2) is 0 Å². The first-order valence-electron chi connectivity index (χ1n) is 5.88. The fourth-order valence-electron chi connectivity index (χ4n) is 2.19. The van der Waals surface area contributed by atoms with Gasteiger partial charge in [0, 0.05) is 17.8 Å². The molecule has 5 nitrogen and oxygen atoms in total. The van der Waals surface area contributed by atoms with E-state index in [-0.39, 0.29) is 23.9 Å². The second kappa shape index (κ2) is 4.58. The maximum Gasteiger partial charge on any atom is 0.349 e. The van der Waals surface area contributed by atoms with Crippen LogP contribution in [0.4, 0.5) is 0 Å². The Morgan fingerprint density at radius 2 is 2.35 bits per heavy atom. The highest BCUT2D eigenvalue weighted by Crippen LogP contribution is 2.34. The van der Waals surface area contributed by atoms with Gasteiger partial charge in [-0.25, -0.2) is 4.79 Å². The van der Waals surface area contributed by atoms with Crippen LogP contribution in [0.3, 0.4) is 0 Å². The van der Waals surface area contributed by atoms with Crippen LogP contribution in [-0.4, -0.2) is 26.9 Å². The molecule has 0 aliphatic carbocycles. The summed E-state index contributed by atoms with van der Waals surface area (Å²) in [6.45, 7) is 5.50. The molecule has 0 saturated carbocycles. The van der Waals surface area contributed by atoms with E-state index in [9.17, 15) is 9.90 Å². The highest BCUT2D eigenvalue weighted by Gasteiger charge is 2.36. The SMILES string of the molecule is Cc1ccn(C2OC(C(C)O)CC2C)c(=O)n1. The molecule has 0 bridgehead atoms. The molecule has 17 heavy (non-hydrogen) atoms. The van der Waals surface area contributed by atoms with E-state index in [1.165, 1.54) is 4.57 Å². The molecule has 1 N–H and O–H groups in total. The van der Waals surface area contributed by atoms with E-state index in [2.05, 4.69) is 4.98 Å². The summed E-state index contributed by atoms with van der Waals surface area (Å²) < 4.78 is 7.21. The van der Waals surface area contributed by atoms with Gasteiger partial charge in [0.1, 0.15) is 6.23 Å². The fourth-order valence-corrected chi connectivity index (χ4v) is 2.19. The normalized spacial score (nSPS) is 30.5. The van der Waals surface area contributed by atoms with Gasteiger partial charge in [-0.1, -0.05) is 6.92 Å². The van der Waals surface area contributed by atoms with Crippen molar-refractivity contribution in [2.75, 3.05) is 0 Å². The Morgan fingerprint density at radius 1 is 1.65 bits per heavy atom. The molecule has 0 aromatic carbocycles. The lowest BCUT2D eigenvalue weighted by Gasteiger charge is -2.18. The molecular weight excluding hydrogens is 220 g/mol. The average Bonchev–Trinajstić information content (AvgIpc) is 2.61. The van der Waals surface area contributed by atoms with Gasteiger partial charge >= 0.3 is 5.69 Å². The quantitative estimate of drug-likeness (QED) is 0.829. The summed E-state index contributed by atoms with van der Waals surface area (Å²) in [5.41, 5.74) is 0.400. The van der Waals surface area contributed by atoms with E-state index in [0.717, 1.165) is 6.42 Å². The molecular formula is C12H18N2O3. The van der Waals surface area contributed by atoms with Crippen LogP contribution in [0.15, 0.2) is 17.1 Å². The smallest absolute Gasteiger partial charge is 0.349 e. The second-order valence-electron chi connectivity index (χ2n) is 4.78. The molecule has 1 aliphatic rings. The molecule has 1 fully saturated rings. The maximum absolute atomic E-state index is 11.8. The van der Waals surface area contributed by atoms with Gasteiger partial charge < -0.3 is 9.84 Å².